The van der Waals surface area contributed by atoms with Gasteiger partial charge < -0.3 is 9.84 Å². The second-order valence-corrected chi connectivity index (χ2v) is 7.79. The molecule has 3 aromatic rings. The van der Waals surface area contributed by atoms with E-state index < -0.39 is 16.0 Å². The number of benzene rings is 1. The smallest absolute Gasteiger partial charge is 0.335 e. The highest BCUT2D eigenvalue weighted by Gasteiger charge is 2.20. The van der Waals surface area contributed by atoms with Crippen molar-refractivity contribution in [1.29, 1.82) is 0 Å². The first-order valence-corrected chi connectivity index (χ1v) is 10.1. The van der Waals surface area contributed by atoms with E-state index in [9.17, 15) is 13.2 Å². The first-order chi connectivity index (χ1) is 13.4. The number of thiazole rings is 1. The van der Waals surface area contributed by atoms with Gasteiger partial charge in [0.15, 0.2) is 10.0 Å². The van der Waals surface area contributed by atoms with E-state index in [1.54, 1.807) is 24.5 Å². The van der Waals surface area contributed by atoms with E-state index in [4.69, 9.17) is 9.84 Å². The monoisotopic (exact) mass is 415 g/mol. The topological polar surface area (TPSA) is 118 Å². The van der Waals surface area contributed by atoms with Crippen LogP contribution in [-0.2, 0) is 10.0 Å². The molecule has 28 heavy (non-hydrogen) atoms. The van der Waals surface area contributed by atoms with Crippen molar-refractivity contribution in [2.75, 3.05) is 11.8 Å². The van der Waals surface area contributed by atoms with Crippen molar-refractivity contribution in [2.45, 2.75) is 5.03 Å². The van der Waals surface area contributed by atoms with Crippen LogP contribution in [0.4, 0.5) is 5.69 Å². The molecular weight excluding hydrogens is 402 g/mol. The Morgan fingerprint density at radius 3 is 2.64 bits per heavy atom. The van der Waals surface area contributed by atoms with Crippen LogP contribution >= 0.6 is 11.3 Å². The van der Waals surface area contributed by atoms with Gasteiger partial charge in [0.2, 0.25) is 0 Å². The number of hydrogen-bond acceptors (Lipinski definition) is 7. The van der Waals surface area contributed by atoms with Crippen molar-refractivity contribution in [3.63, 3.8) is 0 Å². The molecule has 3 rings (SSSR count). The summed E-state index contributed by atoms with van der Waals surface area (Å²) in [6.07, 6.45) is 3.21. The Balaban J connectivity index is 1.84. The molecule has 0 aliphatic carbocycles. The van der Waals surface area contributed by atoms with Crippen LogP contribution in [0.15, 0.2) is 53.1 Å². The number of carbonyl (C=O) groups is 1. The number of nitrogens with one attached hydrogen (secondary N) is 1. The van der Waals surface area contributed by atoms with Crippen LogP contribution < -0.4 is 9.46 Å². The average molecular weight is 415 g/mol. The van der Waals surface area contributed by atoms with E-state index in [-0.39, 0.29) is 22.0 Å². The largest absolute Gasteiger partial charge is 0.495 e. The third-order valence-corrected chi connectivity index (χ3v) is 5.60. The molecule has 2 aromatic heterocycles. The lowest BCUT2D eigenvalue weighted by molar-refractivity contribution is 0.0696. The first-order valence-electron chi connectivity index (χ1n) is 7.71. The second kappa shape index (κ2) is 8.08. The summed E-state index contributed by atoms with van der Waals surface area (Å²) in [5.41, 5.74) is 0.808. The number of nitrogens with zero attached hydrogens (tertiary/aromatic N) is 2. The highest BCUT2D eigenvalue weighted by molar-refractivity contribution is 7.92. The molecule has 1 aromatic carbocycles. The number of methoxy groups -OCH3 is 1. The number of carboxylic acids is 1. The Labute approximate surface area is 164 Å². The maximum absolute atomic E-state index is 12.6. The Morgan fingerprint density at radius 2 is 1.96 bits per heavy atom. The molecule has 0 bridgehead atoms. The van der Waals surface area contributed by atoms with Gasteiger partial charge in [-0.25, -0.2) is 9.78 Å². The molecule has 0 amide bonds. The average Bonchev–Trinajstić information content (AvgIpc) is 3.17. The quantitative estimate of drug-likeness (QED) is 0.615. The SMILES string of the molecule is COc1cc(C(=O)O)ccc1NS(=O)(=O)c1csc(C#Cc2ccncc2)n1. The number of ether oxygens (including phenoxy) is 1. The summed E-state index contributed by atoms with van der Waals surface area (Å²) in [6.45, 7) is 0. The molecule has 0 saturated carbocycles. The zero-order valence-corrected chi connectivity index (χ0v) is 16.0. The molecule has 0 radical (unpaired) electrons. The van der Waals surface area contributed by atoms with E-state index in [0.717, 1.165) is 16.9 Å². The number of pyridine rings is 1. The minimum absolute atomic E-state index is 0.0258. The summed E-state index contributed by atoms with van der Waals surface area (Å²) >= 11 is 1.09. The number of carboxylic acid groups (broad SMARTS) is 1. The predicted molar refractivity (Wildman–Crippen MR) is 103 cm³/mol. The minimum atomic E-state index is -4.00. The number of anilines is 1. The number of sulfonamides is 1. The van der Waals surface area contributed by atoms with E-state index in [2.05, 4.69) is 26.5 Å². The molecule has 0 fully saturated rings. The molecule has 8 nitrogen and oxygen atoms in total. The van der Waals surface area contributed by atoms with Gasteiger partial charge in [0.1, 0.15) is 5.75 Å². The first kappa shape index (κ1) is 19.3. The zero-order chi connectivity index (χ0) is 20.1. The van der Waals surface area contributed by atoms with Crippen LogP contribution in [0, 0.1) is 11.8 Å². The molecule has 2 heterocycles. The van der Waals surface area contributed by atoms with Gasteiger partial charge in [-0.3, -0.25) is 9.71 Å². The van der Waals surface area contributed by atoms with Crippen molar-refractivity contribution in [3.8, 4) is 17.6 Å². The fourth-order valence-corrected chi connectivity index (χ4v) is 4.12. The number of aromatic nitrogens is 2. The number of aromatic carboxylic acids is 1. The van der Waals surface area contributed by atoms with E-state index in [0.29, 0.717) is 5.01 Å². The van der Waals surface area contributed by atoms with Gasteiger partial charge in [0, 0.05) is 23.3 Å². The van der Waals surface area contributed by atoms with Crippen molar-refractivity contribution >= 4 is 33.0 Å². The van der Waals surface area contributed by atoms with E-state index >= 15 is 0 Å². The van der Waals surface area contributed by atoms with Crippen LogP contribution in [0.5, 0.6) is 5.75 Å². The van der Waals surface area contributed by atoms with Crippen LogP contribution in [-0.4, -0.2) is 36.6 Å². The van der Waals surface area contributed by atoms with Crippen LogP contribution in [0.2, 0.25) is 0 Å². The number of hydrogen-bond donors (Lipinski definition) is 2. The summed E-state index contributed by atoms with van der Waals surface area (Å²) in [7, 11) is -2.68. The molecule has 0 atom stereocenters. The maximum Gasteiger partial charge on any atom is 0.335 e. The van der Waals surface area contributed by atoms with Crippen molar-refractivity contribution in [1.82, 2.24) is 9.97 Å². The van der Waals surface area contributed by atoms with E-state index in [1.165, 1.54) is 30.7 Å². The summed E-state index contributed by atoms with van der Waals surface area (Å²) in [6, 6.07) is 7.28. The minimum Gasteiger partial charge on any atom is -0.495 e. The molecular formula is C18H13N3O5S2. The third kappa shape index (κ3) is 4.46. The molecule has 0 aliphatic heterocycles. The molecule has 142 valence electrons. The Hall–Kier alpha value is -3.42. The normalized spacial score (nSPS) is 10.6. The van der Waals surface area contributed by atoms with Gasteiger partial charge in [-0.15, -0.1) is 11.3 Å². The molecule has 0 spiro atoms. The molecule has 2 N–H and O–H groups in total. The molecule has 0 unspecified atom stereocenters. The van der Waals surface area contributed by atoms with Crippen LogP contribution in [0.3, 0.4) is 0 Å². The Kier molecular flexibility index (Phi) is 5.58. The highest BCUT2D eigenvalue weighted by atomic mass is 32.2. The van der Waals surface area contributed by atoms with E-state index in [1.807, 2.05) is 0 Å². The lowest BCUT2D eigenvalue weighted by Crippen LogP contribution is -2.14. The van der Waals surface area contributed by atoms with Gasteiger partial charge in [-0.05, 0) is 36.3 Å². The summed E-state index contributed by atoms with van der Waals surface area (Å²) < 4.78 is 32.6. The fraction of sp³-hybridized carbons (Fsp3) is 0.0556. The highest BCUT2D eigenvalue weighted by Crippen LogP contribution is 2.28. The molecule has 0 saturated heterocycles. The van der Waals surface area contributed by atoms with Gasteiger partial charge in [0.05, 0.1) is 18.4 Å². The standard InChI is InChI=1S/C18H13N3O5S2/c1-26-15-10-13(18(22)23)3-4-14(15)21-28(24,25)17-11-27-16(20-17)5-2-12-6-8-19-9-7-12/h3-4,6-11,21H,1H3,(H,22,23). The van der Waals surface area contributed by atoms with Crippen molar-refractivity contribution < 1.29 is 23.1 Å². The molecule has 0 aliphatic rings. The van der Waals surface area contributed by atoms with Gasteiger partial charge >= 0.3 is 5.97 Å². The van der Waals surface area contributed by atoms with Crippen molar-refractivity contribution in [3.05, 3.63) is 64.2 Å². The lowest BCUT2D eigenvalue weighted by atomic mass is 10.2. The van der Waals surface area contributed by atoms with Crippen LogP contribution in [0.25, 0.3) is 0 Å². The van der Waals surface area contributed by atoms with Gasteiger partial charge in [0.25, 0.3) is 10.0 Å². The Morgan fingerprint density at radius 1 is 1.21 bits per heavy atom. The third-order valence-electron chi connectivity index (χ3n) is 3.45. The van der Waals surface area contributed by atoms with Crippen molar-refractivity contribution in [2.24, 2.45) is 0 Å². The zero-order valence-electron chi connectivity index (χ0n) is 14.4. The maximum atomic E-state index is 12.6. The van der Waals surface area contributed by atoms with Crippen LogP contribution in [0.1, 0.15) is 20.9 Å². The summed E-state index contributed by atoms with van der Waals surface area (Å²) in [5.74, 6) is 4.62. The second-order valence-electron chi connectivity index (χ2n) is 5.30. The lowest BCUT2D eigenvalue weighted by Gasteiger charge is -2.11. The van der Waals surface area contributed by atoms with Gasteiger partial charge in [-0.1, -0.05) is 5.92 Å². The summed E-state index contributed by atoms with van der Waals surface area (Å²) in [4.78, 5) is 19.0. The fourth-order valence-electron chi connectivity index (χ4n) is 2.11. The van der Waals surface area contributed by atoms with Gasteiger partial charge in [-0.2, -0.15) is 8.42 Å². The number of rotatable bonds is 5. The Bertz CT molecular complexity index is 1180. The molecule has 10 heteroatoms. The predicted octanol–water partition coefficient (Wildman–Crippen LogP) is 2.45. The summed E-state index contributed by atoms with van der Waals surface area (Å²) in [5, 5.41) is 10.5.